The molecule has 1 aromatic rings. The number of aliphatic hydroxyl groups excluding tert-OH is 1. The molecule has 1 fully saturated rings. The van der Waals surface area contributed by atoms with Gasteiger partial charge in [0.15, 0.2) is 0 Å². The van der Waals surface area contributed by atoms with E-state index in [-0.39, 0.29) is 5.54 Å². The molecule has 0 saturated carbocycles. The lowest BCUT2D eigenvalue weighted by molar-refractivity contribution is -0.0571. The number of nitrogens with zero attached hydrogens (tertiary/aromatic N) is 1. The van der Waals surface area contributed by atoms with E-state index in [1.54, 1.807) is 0 Å². The van der Waals surface area contributed by atoms with Crippen molar-refractivity contribution in [2.45, 2.75) is 18.7 Å². The van der Waals surface area contributed by atoms with Crippen molar-refractivity contribution in [3.63, 3.8) is 0 Å². The van der Waals surface area contributed by atoms with Crippen LogP contribution in [0.4, 0.5) is 0 Å². The second-order valence-corrected chi connectivity index (χ2v) is 4.60. The van der Waals surface area contributed by atoms with Gasteiger partial charge in [-0.1, -0.05) is 24.3 Å². The van der Waals surface area contributed by atoms with Crippen molar-refractivity contribution in [3.8, 4) is 0 Å². The van der Waals surface area contributed by atoms with E-state index in [1.165, 1.54) is 5.56 Å². The van der Waals surface area contributed by atoms with Crippen molar-refractivity contribution in [2.24, 2.45) is 0 Å². The third kappa shape index (κ3) is 1.11. The largest absolute Gasteiger partial charge is 0.374 e. The number of benzene rings is 1. The van der Waals surface area contributed by atoms with Crippen LogP contribution in [0.3, 0.4) is 0 Å². The fourth-order valence-corrected chi connectivity index (χ4v) is 2.90. The van der Waals surface area contributed by atoms with Crippen molar-refractivity contribution < 1.29 is 5.11 Å². The minimum absolute atomic E-state index is 0.0335. The molecule has 80 valence electrons. The highest BCUT2D eigenvalue weighted by Gasteiger charge is 2.47. The summed E-state index contributed by atoms with van der Waals surface area (Å²) in [4.78, 5) is 2.19. The maximum Gasteiger partial charge on any atom is 0.134 e. The zero-order valence-corrected chi connectivity index (χ0v) is 8.90. The standard InChI is InChI=1S/C12H16N2O/c1-12-8-13-6-7-14(12)11(15)9-4-2-3-5-10(9)12/h2-5,11,13,15H,6-8H2,1H3. The van der Waals surface area contributed by atoms with E-state index in [9.17, 15) is 5.11 Å². The van der Waals surface area contributed by atoms with E-state index < -0.39 is 6.23 Å². The van der Waals surface area contributed by atoms with Crippen LogP contribution in [0.15, 0.2) is 24.3 Å². The van der Waals surface area contributed by atoms with Crippen LogP contribution in [0.25, 0.3) is 0 Å². The molecule has 3 heteroatoms. The van der Waals surface area contributed by atoms with Crippen molar-refractivity contribution >= 4 is 0 Å². The Hall–Kier alpha value is -0.900. The maximum absolute atomic E-state index is 10.2. The van der Waals surface area contributed by atoms with Gasteiger partial charge in [0.05, 0.1) is 5.54 Å². The number of piperazine rings is 1. The SMILES string of the molecule is CC12CNCCN1C(O)c1ccccc12. The summed E-state index contributed by atoms with van der Waals surface area (Å²) < 4.78 is 0. The van der Waals surface area contributed by atoms with Gasteiger partial charge >= 0.3 is 0 Å². The molecule has 15 heavy (non-hydrogen) atoms. The molecule has 0 amide bonds. The zero-order valence-electron chi connectivity index (χ0n) is 8.90. The molecule has 3 nitrogen and oxygen atoms in total. The Kier molecular flexibility index (Phi) is 1.89. The molecule has 3 rings (SSSR count). The summed E-state index contributed by atoms with van der Waals surface area (Å²) in [5.74, 6) is 0. The molecule has 2 N–H and O–H groups in total. The molecule has 2 aliphatic rings. The first-order valence-electron chi connectivity index (χ1n) is 5.48. The molecule has 0 spiro atoms. The van der Waals surface area contributed by atoms with Gasteiger partial charge in [0.1, 0.15) is 6.23 Å². The van der Waals surface area contributed by atoms with Crippen LogP contribution in [0.2, 0.25) is 0 Å². The average molecular weight is 204 g/mol. The minimum Gasteiger partial charge on any atom is -0.374 e. The summed E-state index contributed by atoms with van der Waals surface area (Å²) in [7, 11) is 0. The van der Waals surface area contributed by atoms with Crippen LogP contribution in [-0.4, -0.2) is 29.6 Å². The number of fused-ring (bicyclic) bond motifs is 3. The molecule has 2 atom stereocenters. The van der Waals surface area contributed by atoms with Gasteiger partial charge < -0.3 is 10.4 Å². The van der Waals surface area contributed by atoms with Crippen molar-refractivity contribution in [1.29, 1.82) is 0 Å². The molecule has 0 bridgehead atoms. The normalized spacial score (nSPS) is 34.9. The number of nitrogens with one attached hydrogen (secondary N) is 1. The van der Waals surface area contributed by atoms with Gasteiger partial charge in [0.2, 0.25) is 0 Å². The molecule has 0 aromatic heterocycles. The van der Waals surface area contributed by atoms with Crippen LogP contribution < -0.4 is 5.32 Å². The molecule has 0 radical (unpaired) electrons. The Morgan fingerprint density at radius 2 is 2.27 bits per heavy atom. The van der Waals surface area contributed by atoms with Crippen LogP contribution >= 0.6 is 0 Å². The van der Waals surface area contributed by atoms with Gasteiger partial charge in [-0.3, -0.25) is 4.90 Å². The maximum atomic E-state index is 10.2. The first kappa shape index (κ1) is 9.33. The lowest BCUT2D eigenvalue weighted by Crippen LogP contribution is -2.54. The highest BCUT2D eigenvalue weighted by Crippen LogP contribution is 2.45. The molecule has 2 unspecified atom stereocenters. The Morgan fingerprint density at radius 1 is 1.47 bits per heavy atom. The molecular formula is C12H16N2O. The second-order valence-electron chi connectivity index (χ2n) is 4.60. The van der Waals surface area contributed by atoms with E-state index in [4.69, 9.17) is 0 Å². The highest BCUT2D eigenvalue weighted by molar-refractivity contribution is 5.40. The summed E-state index contributed by atoms with van der Waals surface area (Å²) in [5.41, 5.74) is 2.31. The van der Waals surface area contributed by atoms with Gasteiger partial charge in [-0.25, -0.2) is 0 Å². The van der Waals surface area contributed by atoms with Gasteiger partial charge in [-0.15, -0.1) is 0 Å². The summed E-state index contributed by atoms with van der Waals surface area (Å²) >= 11 is 0. The first-order chi connectivity index (χ1) is 7.23. The highest BCUT2D eigenvalue weighted by atomic mass is 16.3. The summed E-state index contributed by atoms with van der Waals surface area (Å²) in [6, 6.07) is 8.21. The van der Waals surface area contributed by atoms with Crippen molar-refractivity contribution in [3.05, 3.63) is 35.4 Å². The first-order valence-corrected chi connectivity index (χ1v) is 5.48. The summed E-state index contributed by atoms with van der Waals surface area (Å²) in [5, 5.41) is 13.6. The minimum atomic E-state index is -0.423. The predicted molar refractivity (Wildman–Crippen MR) is 58.3 cm³/mol. The molecule has 2 heterocycles. The number of aliphatic hydroxyl groups is 1. The van der Waals surface area contributed by atoms with Gasteiger partial charge in [-0.05, 0) is 12.5 Å². The van der Waals surface area contributed by atoms with Crippen LogP contribution in [0, 0.1) is 0 Å². The number of rotatable bonds is 0. The quantitative estimate of drug-likeness (QED) is 0.656. The van der Waals surface area contributed by atoms with Gasteiger partial charge in [-0.2, -0.15) is 0 Å². The Morgan fingerprint density at radius 3 is 3.13 bits per heavy atom. The lowest BCUT2D eigenvalue weighted by Gasteiger charge is -2.41. The third-order valence-electron chi connectivity index (χ3n) is 3.75. The van der Waals surface area contributed by atoms with E-state index >= 15 is 0 Å². The Bertz CT molecular complexity index is 393. The van der Waals surface area contributed by atoms with Crippen molar-refractivity contribution in [2.75, 3.05) is 19.6 Å². The molecule has 2 aliphatic heterocycles. The molecule has 1 aromatic carbocycles. The van der Waals surface area contributed by atoms with E-state index in [1.807, 2.05) is 12.1 Å². The van der Waals surface area contributed by atoms with E-state index in [2.05, 4.69) is 29.3 Å². The fraction of sp³-hybridized carbons (Fsp3) is 0.500. The molecule has 0 aliphatic carbocycles. The number of hydrogen-bond donors (Lipinski definition) is 2. The summed E-state index contributed by atoms with van der Waals surface area (Å²) in [6.45, 7) is 4.99. The zero-order chi connectivity index (χ0) is 10.5. The van der Waals surface area contributed by atoms with Gasteiger partial charge in [0, 0.05) is 25.2 Å². The average Bonchev–Trinajstić information content (AvgIpc) is 2.50. The van der Waals surface area contributed by atoms with E-state index in [0.717, 1.165) is 25.2 Å². The molecule has 1 saturated heterocycles. The van der Waals surface area contributed by atoms with Crippen LogP contribution in [0.5, 0.6) is 0 Å². The monoisotopic (exact) mass is 204 g/mol. The van der Waals surface area contributed by atoms with Crippen LogP contribution in [0.1, 0.15) is 24.3 Å². The topological polar surface area (TPSA) is 35.5 Å². The fourth-order valence-electron chi connectivity index (χ4n) is 2.90. The van der Waals surface area contributed by atoms with Gasteiger partial charge in [0.25, 0.3) is 0 Å². The van der Waals surface area contributed by atoms with Crippen LogP contribution in [-0.2, 0) is 5.54 Å². The second kappa shape index (κ2) is 3.04. The van der Waals surface area contributed by atoms with Crippen molar-refractivity contribution in [1.82, 2.24) is 10.2 Å². The third-order valence-corrected chi connectivity index (χ3v) is 3.75. The van der Waals surface area contributed by atoms with E-state index in [0.29, 0.717) is 0 Å². The smallest absolute Gasteiger partial charge is 0.134 e. The summed E-state index contributed by atoms with van der Waals surface area (Å²) in [6.07, 6.45) is -0.423. The molecular weight excluding hydrogens is 188 g/mol. The lowest BCUT2D eigenvalue weighted by atomic mass is 9.90. The predicted octanol–water partition coefficient (Wildman–Crippen LogP) is 0.811. The Labute approximate surface area is 89.7 Å². The number of hydrogen-bond acceptors (Lipinski definition) is 3. The Balaban J connectivity index is 2.15.